The van der Waals surface area contributed by atoms with Crippen LogP contribution in [0.3, 0.4) is 0 Å². The lowest BCUT2D eigenvalue weighted by Crippen LogP contribution is -2.29. The van der Waals surface area contributed by atoms with Crippen molar-refractivity contribution >= 4 is 5.91 Å². The van der Waals surface area contributed by atoms with Gasteiger partial charge in [0, 0.05) is 18.7 Å². The van der Waals surface area contributed by atoms with E-state index in [1.165, 1.54) is 11.9 Å². The van der Waals surface area contributed by atoms with Crippen LogP contribution in [0, 0.1) is 0 Å². The Morgan fingerprint density at radius 2 is 2.00 bits per heavy atom. The Morgan fingerprint density at radius 3 is 2.61 bits per heavy atom. The number of carbonyl (C=O) groups is 1. The molecule has 1 heterocycles. The summed E-state index contributed by atoms with van der Waals surface area (Å²) in [4.78, 5) is 18.7. The van der Waals surface area contributed by atoms with Crippen molar-refractivity contribution in [3.63, 3.8) is 0 Å². The van der Waals surface area contributed by atoms with Gasteiger partial charge in [0.15, 0.2) is 0 Å². The molecule has 1 aromatic carbocycles. The molecule has 2 rings (SSSR count). The molecule has 124 valence electrons. The molecule has 0 aliphatic heterocycles. The molecule has 23 heavy (non-hydrogen) atoms. The van der Waals surface area contributed by atoms with Crippen LogP contribution in [0.1, 0.15) is 48.1 Å². The number of aromatic nitrogens is 3. The van der Waals surface area contributed by atoms with Crippen LogP contribution in [-0.4, -0.2) is 39.7 Å². The Bertz CT molecular complexity index is 633. The van der Waals surface area contributed by atoms with Gasteiger partial charge in [-0.1, -0.05) is 19.1 Å². The summed E-state index contributed by atoms with van der Waals surface area (Å²) < 4.78 is 1.84. The first-order valence-corrected chi connectivity index (χ1v) is 7.93. The number of amides is 1. The molecule has 0 spiro atoms. The third-order valence-electron chi connectivity index (χ3n) is 3.53. The van der Waals surface area contributed by atoms with Gasteiger partial charge in [-0.2, -0.15) is 5.10 Å². The van der Waals surface area contributed by atoms with Gasteiger partial charge in [0.1, 0.15) is 12.2 Å². The highest BCUT2D eigenvalue weighted by atomic mass is 16.1. The summed E-state index contributed by atoms with van der Waals surface area (Å²) in [7, 11) is 4.05. The molecule has 1 N–H and O–H groups in total. The zero-order valence-corrected chi connectivity index (χ0v) is 14.3. The van der Waals surface area contributed by atoms with E-state index in [4.69, 9.17) is 0 Å². The van der Waals surface area contributed by atoms with Crippen molar-refractivity contribution < 1.29 is 4.79 Å². The number of rotatable bonds is 7. The molecule has 1 atom stereocenters. The molecule has 0 saturated carbocycles. The van der Waals surface area contributed by atoms with Gasteiger partial charge in [-0.15, -0.1) is 0 Å². The maximum atomic E-state index is 12.4. The molecular formula is C17H25N5O. The van der Waals surface area contributed by atoms with E-state index in [2.05, 4.69) is 27.2 Å². The molecule has 0 saturated heterocycles. The molecule has 1 aromatic heterocycles. The quantitative estimate of drug-likeness (QED) is 0.851. The van der Waals surface area contributed by atoms with Gasteiger partial charge >= 0.3 is 0 Å². The molecule has 2 aromatic rings. The largest absolute Gasteiger partial charge is 0.342 e. The highest BCUT2D eigenvalue weighted by molar-refractivity contribution is 5.94. The Labute approximate surface area is 137 Å². The Morgan fingerprint density at radius 1 is 1.30 bits per heavy atom. The number of nitrogens with zero attached hydrogens (tertiary/aromatic N) is 4. The fourth-order valence-corrected chi connectivity index (χ4v) is 2.46. The number of carbonyl (C=O) groups excluding carboxylic acids is 1. The predicted octanol–water partition coefficient (Wildman–Crippen LogP) is 2.24. The van der Waals surface area contributed by atoms with E-state index in [1.54, 1.807) is 0 Å². The summed E-state index contributed by atoms with van der Waals surface area (Å²) in [5.74, 6) is 0.685. The first kappa shape index (κ1) is 17.1. The number of hydrogen-bond acceptors (Lipinski definition) is 4. The predicted molar refractivity (Wildman–Crippen MR) is 90.0 cm³/mol. The van der Waals surface area contributed by atoms with Crippen molar-refractivity contribution in [2.75, 3.05) is 14.1 Å². The average Bonchev–Trinajstić information content (AvgIpc) is 2.96. The Kier molecular flexibility index (Phi) is 5.87. The Hall–Kier alpha value is -2.21. The van der Waals surface area contributed by atoms with Gasteiger partial charge in [-0.25, -0.2) is 9.67 Å². The summed E-state index contributed by atoms with van der Waals surface area (Å²) in [5.41, 5.74) is 1.84. The van der Waals surface area contributed by atoms with E-state index in [-0.39, 0.29) is 11.9 Å². The highest BCUT2D eigenvalue weighted by Gasteiger charge is 2.16. The summed E-state index contributed by atoms with van der Waals surface area (Å²) in [6.45, 7) is 5.67. The van der Waals surface area contributed by atoms with Gasteiger partial charge in [-0.05, 0) is 45.1 Å². The van der Waals surface area contributed by atoms with Crippen molar-refractivity contribution in [2.24, 2.45) is 0 Å². The van der Waals surface area contributed by atoms with Crippen LogP contribution < -0.4 is 5.32 Å². The third-order valence-corrected chi connectivity index (χ3v) is 3.53. The van der Waals surface area contributed by atoms with Crippen LogP contribution in [0.25, 0.3) is 0 Å². The minimum atomic E-state index is -0.182. The van der Waals surface area contributed by atoms with Crippen molar-refractivity contribution in [1.82, 2.24) is 25.0 Å². The normalized spacial score (nSPS) is 12.4. The van der Waals surface area contributed by atoms with Gasteiger partial charge < -0.3 is 10.2 Å². The van der Waals surface area contributed by atoms with Crippen molar-refractivity contribution in [3.8, 4) is 0 Å². The number of aryl methyl sites for hydroxylation is 1. The zero-order chi connectivity index (χ0) is 16.8. The number of nitrogens with one attached hydrogen (secondary N) is 1. The topological polar surface area (TPSA) is 63.1 Å². The minimum absolute atomic E-state index is 0.0973. The maximum Gasteiger partial charge on any atom is 0.251 e. The van der Waals surface area contributed by atoms with Gasteiger partial charge in [0.2, 0.25) is 0 Å². The molecule has 1 amide bonds. The van der Waals surface area contributed by atoms with E-state index < -0.39 is 0 Å². The van der Waals surface area contributed by atoms with Crippen LogP contribution in [-0.2, 0) is 13.1 Å². The fraction of sp³-hybridized carbons (Fsp3) is 0.471. The maximum absolute atomic E-state index is 12.4. The summed E-state index contributed by atoms with van der Waals surface area (Å²) >= 11 is 0. The van der Waals surface area contributed by atoms with Crippen LogP contribution in [0.2, 0.25) is 0 Å². The van der Waals surface area contributed by atoms with Crippen molar-refractivity contribution in [1.29, 1.82) is 0 Å². The molecule has 0 radical (unpaired) electrons. The number of benzene rings is 1. The molecule has 0 aliphatic carbocycles. The summed E-state index contributed by atoms with van der Waals surface area (Å²) in [5, 5.41) is 7.18. The molecule has 6 heteroatoms. The first-order chi connectivity index (χ1) is 11.0. The van der Waals surface area contributed by atoms with E-state index in [9.17, 15) is 4.79 Å². The second-order valence-electron chi connectivity index (χ2n) is 5.97. The van der Waals surface area contributed by atoms with Crippen LogP contribution in [0.15, 0.2) is 30.6 Å². The van der Waals surface area contributed by atoms with E-state index in [1.807, 2.05) is 50.0 Å². The minimum Gasteiger partial charge on any atom is -0.342 e. The van der Waals surface area contributed by atoms with Gasteiger partial charge in [0.05, 0.1) is 6.04 Å². The molecule has 0 bridgehead atoms. The van der Waals surface area contributed by atoms with E-state index in [0.717, 1.165) is 25.3 Å². The monoisotopic (exact) mass is 315 g/mol. The smallest absolute Gasteiger partial charge is 0.251 e. The highest BCUT2D eigenvalue weighted by Crippen LogP contribution is 2.12. The van der Waals surface area contributed by atoms with Crippen LogP contribution >= 0.6 is 0 Å². The standard InChI is InChI=1S/C17H25N5O/c1-5-10-22-16(18-12-19-22)13(2)20-17(23)15-8-6-14(7-9-15)11-21(3)4/h6-9,12-13H,5,10-11H2,1-4H3,(H,20,23)/t13-/m1/s1. The van der Waals surface area contributed by atoms with Gasteiger partial charge in [-0.3, -0.25) is 4.79 Å². The van der Waals surface area contributed by atoms with Crippen LogP contribution in [0.5, 0.6) is 0 Å². The summed E-state index contributed by atoms with van der Waals surface area (Å²) in [6.07, 6.45) is 2.51. The lowest BCUT2D eigenvalue weighted by atomic mass is 10.1. The van der Waals surface area contributed by atoms with E-state index >= 15 is 0 Å². The zero-order valence-electron chi connectivity index (χ0n) is 14.3. The molecule has 0 aliphatic rings. The molecule has 0 unspecified atom stereocenters. The molecule has 0 fully saturated rings. The first-order valence-electron chi connectivity index (χ1n) is 7.93. The SMILES string of the molecule is CCCn1ncnc1[C@@H](C)NC(=O)c1ccc(CN(C)C)cc1. The summed E-state index contributed by atoms with van der Waals surface area (Å²) in [6, 6.07) is 7.51. The van der Waals surface area contributed by atoms with Crippen molar-refractivity contribution in [3.05, 3.63) is 47.5 Å². The number of hydrogen-bond donors (Lipinski definition) is 1. The van der Waals surface area contributed by atoms with Crippen LogP contribution in [0.4, 0.5) is 0 Å². The lowest BCUT2D eigenvalue weighted by Gasteiger charge is -2.15. The second kappa shape index (κ2) is 7.87. The average molecular weight is 315 g/mol. The fourth-order valence-electron chi connectivity index (χ4n) is 2.46. The van der Waals surface area contributed by atoms with Crippen molar-refractivity contribution in [2.45, 2.75) is 39.4 Å². The van der Waals surface area contributed by atoms with E-state index in [0.29, 0.717) is 5.56 Å². The third kappa shape index (κ3) is 4.63. The van der Waals surface area contributed by atoms with Gasteiger partial charge in [0.25, 0.3) is 5.91 Å². The Balaban J connectivity index is 2.01. The lowest BCUT2D eigenvalue weighted by molar-refractivity contribution is 0.0937. The molecular weight excluding hydrogens is 290 g/mol. The molecule has 6 nitrogen and oxygen atoms in total. The second-order valence-corrected chi connectivity index (χ2v) is 5.97.